The normalized spacial score (nSPS) is 17.3. The van der Waals surface area contributed by atoms with Gasteiger partial charge in [0.25, 0.3) is 5.91 Å². The molecule has 0 spiro atoms. The summed E-state index contributed by atoms with van der Waals surface area (Å²) < 4.78 is 4.61. The van der Waals surface area contributed by atoms with Gasteiger partial charge in [-0.15, -0.1) is 0 Å². The van der Waals surface area contributed by atoms with E-state index >= 15 is 0 Å². The number of aromatic nitrogens is 2. The number of imidazole rings is 1. The van der Waals surface area contributed by atoms with Crippen molar-refractivity contribution < 1.29 is 19.4 Å². The van der Waals surface area contributed by atoms with Crippen LogP contribution in [0.2, 0.25) is 0 Å². The highest BCUT2D eigenvalue weighted by molar-refractivity contribution is 6.00. The minimum absolute atomic E-state index is 0.223. The fourth-order valence-corrected chi connectivity index (χ4v) is 4.30. The Morgan fingerprint density at radius 2 is 1.88 bits per heavy atom. The van der Waals surface area contributed by atoms with E-state index in [1.165, 1.54) is 12.0 Å². The van der Waals surface area contributed by atoms with Crippen LogP contribution in [0.3, 0.4) is 0 Å². The Labute approximate surface area is 189 Å². The molecule has 2 heterocycles. The number of aliphatic hydroxyl groups is 1. The van der Waals surface area contributed by atoms with E-state index in [1.54, 1.807) is 36.4 Å². The molecule has 2 amide bonds. The summed E-state index contributed by atoms with van der Waals surface area (Å²) in [6, 6.07) is 22.2. The maximum absolute atomic E-state index is 13.3. The van der Waals surface area contributed by atoms with Crippen LogP contribution in [-0.2, 0) is 16.9 Å². The van der Waals surface area contributed by atoms with Gasteiger partial charge in [-0.3, -0.25) is 10.1 Å². The molecule has 1 aromatic heterocycles. The molecule has 5 rings (SSSR count). The molecule has 33 heavy (non-hydrogen) atoms. The monoisotopic (exact) mass is 442 g/mol. The van der Waals surface area contributed by atoms with E-state index in [0.717, 1.165) is 5.56 Å². The highest BCUT2D eigenvalue weighted by Crippen LogP contribution is 2.42. The quantitative estimate of drug-likeness (QED) is 0.437. The van der Waals surface area contributed by atoms with Gasteiger partial charge in [0.1, 0.15) is 0 Å². The molecule has 0 saturated carbocycles. The van der Waals surface area contributed by atoms with Crippen molar-refractivity contribution >= 4 is 29.0 Å². The van der Waals surface area contributed by atoms with E-state index < -0.39 is 11.8 Å². The third-order valence-electron chi connectivity index (χ3n) is 5.93. The van der Waals surface area contributed by atoms with Gasteiger partial charge in [0.15, 0.2) is 5.72 Å². The first-order chi connectivity index (χ1) is 16.0. The van der Waals surface area contributed by atoms with E-state index in [9.17, 15) is 14.7 Å². The topological polar surface area (TPSA) is 108 Å². The summed E-state index contributed by atoms with van der Waals surface area (Å²) in [5.41, 5.74) is 2.15. The number of nitrogens with one attached hydrogen (secondary N) is 2. The molecule has 8 nitrogen and oxygen atoms in total. The highest BCUT2D eigenvalue weighted by atomic mass is 16.5. The Kier molecular flexibility index (Phi) is 5.07. The zero-order valence-electron chi connectivity index (χ0n) is 17.9. The SMILES string of the molecule is COC(=O)Nc1nc2cc(C3(O)c4ccccc4C(=O)N3CCc3ccccc3)ccc2[nH]1. The molecule has 3 N–H and O–H groups in total. The number of aromatic amines is 1. The molecule has 166 valence electrons. The Morgan fingerprint density at radius 1 is 1.12 bits per heavy atom. The summed E-state index contributed by atoms with van der Waals surface area (Å²) >= 11 is 0. The third kappa shape index (κ3) is 3.50. The number of benzene rings is 3. The van der Waals surface area contributed by atoms with Crippen molar-refractivity contribution in [3.63, 3.8) is 0 Å². The molecule has 0 bridgehead atoms. The Morgan fingerprint density at radius 3 is 2.67 bits per heavy atom. The predicted molar refractivity (Wildman–Crippen MR) is 123 cm³/mol. The number of ether oxygens (including phenoxy) is 1. The maximum atomic E-state index is 13.3. The average Bonchev–Trinajstić information content (AvgIpc) is 3.34. The first-order valence-corrected chi connectivity index (χ1v) is 10.5. The van der Waals surface area contributed by atoms with Gasteiger partial charge in [-0.25, -0.2) is 9.78 Å². The van der Waals surface area contributed by atoms with Crippen LogP contribution in [0.25, 0.3) is 11.0 Å². The number of anilines is 1. The van der Waals surface area contributed by atoms with Gasteiger partial charge in [0.05, 0.1) is 18.1 Å². The number of amides is 2. The lowest BCUT2D eigenvalue weighted by Gasteiger charge is -2.35. The zero-order chi connectivity index (χ0) is 23.0. The van der Waals surface area contributed by atoms with Crippen LogP contribution < -0.4 is 5.32 Å². The lowest BCUT2D eigenvalue weighted by molar-refractivity contribution is -0.0493. The molecule has 1 unspecified atom stereocenters. The second-order valence-electron chi connectivity index (χ2n) is 7.84. The summed E-state index contributed by atoms with van der Waals surface area (Å²) in [5.74, 6) is 0.00373. The molecule has 0 radical (unpaired) electrons. The Hall–Kier alpha value is -4.17. The van der Waals surface area contributed by atoms with Crippen LogP contribution >= 0.6 is 0 Å². The lowest BCUT2D eigenvalue weighted by atomic mass is 9.93. The van der Waals surface area contributed by atoms with Crippen molar-refractivity contribution in [2.75, 3.05) is 19.0 Å². The second kappa shape index (κ2) is 8.07. The maximum Gasteiger partial charge on any atom is 0.413 e. The Balaban J connectivity index is 1.55. The summed E-state index contributed by atoms with van der Waals surface area (Å²) in [5, 5.41) is 14.5. The summed E-state index contributed by atoms with van der Waals surface area (Å²) in [6.45, 7) is 0.335. The second-order valence-corrected chi connectivity index (χ2v) is 7.84. The van der Waals surface area contributed by atoms with E-state index in [0.29, 0.717) is 40.7 Å². The number of hydrogen-bond donors (Lipinski definition) is 3. The molecule has 0 saturated heterocycles. The van der Waals surface area contributed by atoms with Gasteiger partial charge in [-0.1, -0.05) is 54.6 Å². The van der Waals surface area contributed by atoms with Gasteiger partial charge in [-0.2, -0.15) is 0 Å². The molecule has 1 aliphatic rings. The lowest BCUT2D eigenvalue weighted by Crippen LogP contribution is -2.45. The van der Waals surface area contributed by atoms with E-state index in [2.05, 4.69) is 20.0 Å². The summed E-state index contributed by atoms with van der Waals surface area (Å²) in [6.07, 6.45) is -0.0453. The molecule has 0 aliphatic carbocycles. The third-order valence-corrected chi connectivity index (χ3v) is 5.93. The predicted octanol–water partition coefficient (Wildman–Crippen LogP) is 3.63. The number of nitrogens with zero attached hydrogens (tertiary/aromatic N) is 2. The van der Waals surface area contributed by atoms with E-state index in [4.69, 9.17) is 0 Å². The number of methoxy groups -OCH3 is 1. The minimum Gasteiger partial charge on any atom is -0.453 e. The summed E-state index contributed by atoms with van der Waals surface area (Å²) in [7, 11) is 1.27. The molecular weight excluding hydrogens is 420 g/mol. The molecule has 1 aliphatic heterocycles. The van der Waals surface area contributed by atoms with Crippen molar-refractivity contribution in [3.8, 4) is 0 Å². The largest absolute Gasteiger partial charge is 0.453 e. The van der Waals surface area contributed by atoms with Crippen molar-refractivity contribution in [1.29, 1.82) is 0 Å². The van der Waals surface area contributed by atoms with E-state index in [1.807, 2.05) is 36.4 Å². The van der Waals surface area contributed by atoms with E-state index in [-0.39, 0.29) is 11.9 Å². The van der Waals surface area contributed by atoms with Crippen LogP contribution in [0, 0.1) is 0 Å². The fourth-order valence-electron chi connectivity index (χ4n) is 4.30. The van der Waals surface area contributed by atoms with Crippen LogP contribution in [0.5, 0.6) is 0 Å². The number of carbonyl (C=O) groups excluding carboxylic acids is 2. The van der Waals surface area contributed by atoms with Crippen LogP contribution in [0.4, 0.5) is 10.7 Å². The molecule has 8 heteroatoms. The molecule has 0 fully saturated rings. The van der Waals surface area contributed by atoms with Crippen LogP contribution in [0.15, 0.2) is 72.8 Å². The smallest absolute Gasteiger partial charge is 0.413 e. The van der Waals surface area contributed by atoms with Gasteiger partial charge >= 0.3 is 6.09 Å². The highest BCUT2D eigenvalue weighted by Gasteiger charge is 2.49. The zero-order valence-corrected chi connectivity index (χ0v) is 17.9. The Bertz CT molecular complexity index is 1350. The average molecular weight is 442 g/mol. The molecular formula is C25H22N4O4. The summed E-state index contributed by atoms with van der Waals surface area (Å²) in [4.78, 5) is 33.7. The fraction of sp³-hybridized carbons (Fsp3) is 0.160. The first-order valence-electron chi connectivity index (χ1n) is 10.5. The van der Waals surface area contributed by atoms with Gasteiger partial charge in [0, 0.05) is 23.2 Å². The molecule has 1 atom stereocenters. The van der Waals surface area contributed by atoms with Gasteiger partial charge in [0.2, 0.25) is 5.95 Å². The number of fused-ring (bicyclic) bond motifs is 2. The van der Waals surface area contributed by atoms with Gasteiger partial charge in [-0.05, 0) is 30.2 Å². The van der Waals surface area contributed by atoms with Crippen LogP contribution in [-0.4, -0.2) is 45.6 Å². The van der Waals surface area contributed by atoms with Crippen molar-refractivity contribution in [3.05, 3.63) is 95.1 Å². The van der Waals surface area contributed by atoms with Crippen molar-refractivity contribution in [2.24, 2.45) is 0 Å². The number of rotatable bonds is 5. The standard InChI is InChI=1S/C25H22N4O4/c1-33-24(31)28-23-26-20-12-11-17(15-21(20)27-23)25(32)19-10-6-5-9-18(19)22(30)29(25)14-13-16-7-3-2-4-8-16/h2-12,15,32H,13-14H2,1H3,(H2,26,27,28,31). The number of hydrogen-bond acceptors (Lipinski definition) is 5. The number of H-pyrrole nitrogens is 1. The molecule has 3 aromatic carbocycles. The first kappa shape index (κ1) is 20.7. The minimum atomic E-state index is -1.65. The van der Waals surface area contributed by atoms with Crippen molar-refractivity contribution in [2.45, 2.75) is 12.1 Å². The number of carbonyl (C=O) groups is 2. The van der Waals surface area contributed by atoms with Crippen molar-refractivity contribution in [1.82, 2.24) is 14.9 Å². The molecule has 4 aromatic rings. The van der Waals surface area contributed by atoms with Gasteiger partial charge < -0.3 is 19.7 Å². The van der Waals surface area contributed by atoms with Crippen LogP contribution in [0.1, 0.15) is 27.0 Å².